The molecule has 0 aliphatic heterocycles. The van der Waals surface area contributed by atoms with Crippen molar-refractivity contribution in [1.29, 1.82) is 0 Å². The van der Waals surface area contributed by atoms with Gasteiger partial charge in [-0.3, -0.25) is 12.9 Å². The first-order chi connectivity index (χ1) is 6.20. The molecule has 0 aliphatic carbocycles. The van der Waals surface area contributed by atoms with Crippen LogP contribution in [-0.2, 0) is 0 Å². The lowest BCUT2D eigenvalue weighted by Gasteiger charge is -2.29. The van der Waals surface area contributed by atoms with Crippen molar-refractivity contribution in [2.45, 2.75) is 58.5 Å². The summed E-state index contributed by atoms with van der Waals surface area (Å²) in [5, 5.41) is 0. The van der Waals surface area contributed by atoms with Crippen LogP contribution >= 0.6 is 7.92 Å². The molecule has 86 valence electrons. The zero-order chi connectivity index (χ0) is 11.9. The van der Waals surface area contributed by atoms with E-state index in [2.05, 4.69) is 41.5 Å². The van der Waals surface area contributed by atoms with Crippen LogP contribution in [0.25, 0.3) is 0 Å². The summed E-state index contributed by atoms with van der Waals surface area (Å²) in [6, 6.07) is 0. The molecule has 0 spiro atoms. The van der Waals surface area contributed by atoms with Crippen molar-refractivity contribution < 1.29 is 12.9 Å². The van der Waals surface area contributed by atoms with Gasteiger partial charge in [-0.05, 0) is 17.0 Å². The predicted octanol–water partition coefficient (Wildman–Crippen LogP) is 4.57. The van der Waals surface area contributed by atoms with Gasteiger partial charge < -0.3 is 0 Å². The van der Waals surface area contributed by atoms with Crippen LogP contribution in [0.3, 0.4) is 0 Å². The normalized spacial score (nSPS) is 10.9. The standard InChI is InChI=1S/C9H21P.BF3/c1-7(2)10(8(3)4)9(5)6;2-1(3)4/h7-9H,1-6H3;. The Morgan fingerprint density at radius 1 is 0.714 bits per heavy atom. The molecule has 0 amide bonds. The summed E-state index contributed by atoms with van der Waals surface area (Å²) in [4.78, 5) is 0. The molecule has 0 bridgehead atoms. The van der Waals surface area contributed by atoms with Gasteiger partial charge in [-0.15, -0.1) is 0 Å². The highest BCUT2D eigenvalue weighted by Crippen LogP contribution is 2.49. The molecule has 0 radical (unpaired) electrons. The van der Waals surface area contributed by atoms with Crippen molar-refractivity contribution in [3.8, 4) is 0 Å². The van der Waals surface area contributed by atoms with E-state index in [0.29, 0.717) is 0 Å². The molecule has 0 N–H and O–H groups in total. The summed E-state index contributed by atoms with van der Waals surface area (Å²) < 4.78 is 29.0. The van der Waals surface area contributed by atoms with Crippen molar-refractivity contribution in [3.63, 3.8) is 0 Å². The highest BCUT2D eigenvalue weighted by atomic mass is 31.1. The minimum atomic E-state index is -3.67. The molecule has 0 fully saturated rings. The van der Waals surface area contributed by atoms with Gasteiger partial charge in [0.25, 0.3) is 0 Å². The number of rotatable bonds is 3. The maximum absolute atomic E-state index is 9.67. The lowest BCUT2D eigenvalue weighted by atomic mass is 10.5. The van der Waals surface area contributed by atoms with E-state index in [0.717, 1.165) is 17.0 Å². The minimum Gasteiger partial charge on any atom is -0.254 e. The molecular weight excluding hydrogens is 207 g/mol. The lowest BCUT2D eigenvalue weighted by molar-refractivity contribution is 0.535. The van der Waals surface area contributed by atoms with E-state index in [-0.39, 0.29) is 7.92 Å². The third-order valence-electron chi connectivity index (χ3n) is 1.79. The lowest BCUT2D eigenvalue weighted by Crippen LogP contribution is -2.10. The Bertz CT molecular complexity index is 107. The van der Waals surface area contributed by atoms with Crippen molar-refractivity contribution in [2.24, 2.45) is 0 Å². The van der Waals surface area contributed by atoms with Crippen LogP contribution < -0.4 is 0 Å². The Hall–Kier alpha value is 0.285. The molecular formula is C9H21BF3P. The molecule has 14 heavy (non-hydrogen) atoms. The molecule has 5 heteroatoms. The molecule has 0 atom stereocenters. The maximum Gasteiger partial charge on any atom is 0.762 e. The van der Waals surface area contributed by atoms with Crippen molar-refractivity contribution >= 4 is 15.5 Å². The van der Waals surface area contributed by atoms with Gasteiger partial charge in [0.2, 0.25) is 0 Å². The minimum absolute atomic E-state index is 0.262. The third kappa shape index (κ3) is 10.4. The van der Waals surface area contributed by atoms with Gasteiger partial charge in [-0.2, -0.15) is 0 Å². The van der Waals surface area contributed by atoms with Crippen molar-refractivity contribution in [2.75, 3.05) is 0 Å². The third-order valence-corrected chi connectivity index (χ3v) is 5.37. The average Bonchev–Trinajstić information content (AvgIpc) is 1.80. The first-order valence-corrected chi connectivity index (χ1v) is 6.44. The first kappa shape index (κ1) is 16.7. The Morgan fingerprint density at radius 2 is 0.857 bits per heavy atom. The molecule has 0 saturated heterocycles. The second kappa shape index (κ2) is 8.58. The highest BCUT2D eigenvalue weighted by Gasteiger charge is 2.19. The van der Waals surface area contributed by atoms with Crippen molar-refractivity contribution in [3.05, 3.63) is 0 Å². The number of hydrogen-bond donors (Lipinski definition) is 0. The van der Waals surface area contributed by atoms with Gasteiger partial charge in [-0.1, -0.05) is 49.5 Å². The monoisotopic (exact) mass is 228 g/mol. The first-order valence-electron chi connectivity index (χ1n) is 4.89. The van der Waals surface area contributed by atoms with Crippen LogP contribution in [0.5, 0.6) is 0 Å². The fraction of sp³-hybridized carbons (Fsp3) is 1.00. The van der Waals surface area contributed by atoms with E-state index in [1.165, 1.54) is 0 Å². The SMILES string of the molecule is CC(C)P(C(C)C)C(C)C.FB(F)F. The largest absolute Gasteiger partial charge is 0.762 e. The summed E-state index contributed by atoms with van der Waals surface area (Å²) in [5.74, 6) is 0. The van der Waals surface area contributed by atoms with E-state index in [1.54, 1.807) is 0 Å². The quantitative estimate of drug-likeness (QED) is 0.490. The average molecular weight is 228 g/mol. The molecule has 0 saturated carbocycles. The summed E-state index contributed by atoms with van der Waals surface area (Å²) in [6.45, 7) is 14.1. The Kier molecular flexibility index (Phi) is 10.2. The van der Waals surface area contributed by atoms with Crippen LogP contribution in [0.2, 0.25) is 0 Å². The van der Waals surface area contributed by atoms with Crippen LogP contribution in [0.1, 0.15) is 41.5 Å². The zero-order valence-electron chi connectivity index (χ0n) is 9.89. The topological polar surface area (TPSA) is 0 Å². The Labute approximate surface area is 87.6 Å². The Morgan fingerprint density at radius 3 is 0.857 bits per heavy atom. The zero-order valence-corrected chi connectivity index (χ0v) is 10.8. The summed E-state index contributed by atoms with van der Waals surface area (Å²) in [6.07, 6.45) is 0. The molecule has 0 unspecified atom stereocenters. The molecule has 0 rings (SSSR count). The van der Waals surface area contributed by atoms with Crippen LogP contribution in [-0.4, -0.2) is 24.5 Å². The molecule has 0 heterocycles. The summed E-state index contributed by atoms with van der Waals surface area (Å²) in [5.41, 5.74) is 2.69. The molecule has 0 aromatic rings. The second-order valence-corrected chi connectivity index (χ2v) is 7.97. The van der Waals surface area contributed by atoms with Crippen LogP contribution in [0.4, 0.5) is 12.9 Å². The summed E-state index contributed by atoms with van der Waals surface area (Å²) in [7, 11) is -3.40. The number of halogens is 3. The Balaban J connectivity index is 0. The van der Waals surface area contributed by atoms with Gasteiger partial charge in [0.05, 0.1) is 0 Å². The van der Waals surface area contributed by atoms with Crippen LogP contribution in [0.15, 0.2) is 0 Å². The van der Waals surface area contributed by atoms with Gasteiger partial charge in [0.1, 0.15) is 0 Å². The van der Waals surface area contributed by atoms with Gasteiger partial charge in [0.15, 0.2) is 0 Å². The van der Waals surface area contributed by atoms with E-state index in [4.69, 9.17) is 0 Å². The molecule has 0 aromatic heterocycles. The fourth-order valence-corrected chi connectivity index (χ4v) is 5.37. The number of hydrogen-bond acceptors (Lipinski definition) is 0. The van der Waals surface area contributed by atoms with E-state index in [9.17, 15) is 12.9 Å². The second-order valence-electron chi connectivity index (χ2n) is 3.98. The van der Waals surface area contributed by atoms with Crippen molar-refractivity contribution in [1.82, 2.24) is 0 Å². The smallest absolute Gasteiger partial charge is 0.254 e. The molecule has 0 aliphatic rings. The van der Waals surface area contributed by atoms with Gasteiger partial charge in [-0.25, -0.2) is 0 Å². The predicted molar refractivity (Wildman–Crippen MR) is 61.4 cm³/mol. The molecule has 0 aromatic carbocycles. The van der Waals surface area contributed by atoms with E-state index in [1.807, 2.05) is 0 Å². The maximum atomic E-state index is 9.67. The van der Waals surface area contributed by atoms with E-state index >= 15 is 0 Å². The summed E-state index contributed by atoms with van der Waals surface area (Å²) >= 11 is 0. The van der Waals surface area contributed by atoms with Crippen LogP contribution in [0, 0.1) is 0 Å². The van der Waals surface area contributed by atoms with Gasteiger partial charge >= 0.3 is 7.54 Å². The molecule has 0 nitrogen and oxygen atoms in total. The van der Waals surface area contributed by atoms with Gasteiger partial charge in [0, 0.05) is 0 Å². The highest BCUT2D eigenvalue weighted by molar-refractivity contribution is 7.59. The fourth-order valence-electron chi connectivity index (χ4n) is 1.79. The van der Waals surface area contributed by atoms with E-state index < -0.39 is 7.54 Å².